The summed E-state index contributed by atoms with van der Waals surface area (Å²) in [6.07, 6.45) is 0. The van der Waals surface area contributed by atoms with E-state index in [9.17, 15) is 9.59 Å². The summed E-state index contributed by atoms with van der Waals surface area (Å²) in [5, 5.41) is 0.529. The Labute approximate surface area is 187 Å². The molecule has 0 unspecified atom stereocenters. The molecular weight excluding hydrogens is 408 g/mol. The molecule has 0 saturated carbocycles. The van der Waals surface area contributed by atoms with Gasteiger partial charge in [-0.2, -0.15) is 0 Å². The minimum atomic E-state index is -0.328. The van der Waals surface area contributed by atoms with E-state index in [-0.39, 0.29) is 18.4 Å². The van der Waals surface area contributed by atoms with Gasteiger partial charge in [0, 0.05) is 17.8 Å². The standard InChI is InChI=1S/C26H23ClN2O2/c1-17-13-14-21(18(2)15-17)23-24(28(3)20-10-5-4-6-11-20)26(31)29(25(23)30)16-19-9-7-8-12-22(19)27/h4-15H,16H2,1-3H3. The van der Waals surface area contributed by atoms with E-state index in [4.69, 9.17) is 11.6 Å². The van der Waals surface area contributed by atoms with E-state index in [0.717, 1.165) is 27.9 Å². The van der Waals surface area contributed by atoms with Crippen molar-refractivity contribution in [1.82, 2.24) is 4.90 Å². The molecular formula is C26H23ClN2O2. The average molecular weight is 431 g/mol. The van der Waals surface area contributed by atoms with Gasteiger partial charge < -0.3 is 4.90 Å². The third-order valence-electron chi connectivity index (χ3n) is 5.56. The number of carbonyl (C=O) groups excluding carboxylic acids is 2. The smallest absolute Gasteiger partial charge is 0.278 e. The Bertz CT molecular complexity index is 1200. The number of rotatable bonds is 5. The number of imide groups is 1. The molecule has 5 heteroatoms. The topological polar surface area (TPSA) is 40.6 Å². The molecule has 0 spiro atoms. The van der Waals surface area contributed by atoms with Crippen LogP contribution < -0.4 is 4.90 Å². The molecule has 1 aliphatic heterocycles. The summed E-state index contributed by atoms with van der Waals surface area (Å²) in [7, 11) is 1.82. The molecule has 1 aliphatic rings. The molecule has 4 nitrogen and oxygen atoms in total. The fourth-order valence-electron chi connectivity index (χ4n) is 3.93. The Morgan fingerprint density at radius 2 is 1.55 bits per heavy atom. The second kappa shape index (κ2) is 8.40. The molecule has 3 aromatic carbocycles. The molecule has 4 rings (SSSR count). The highest BCUT2D eigenvalue weighted by Gasteiger charge is 2.41. The maximum Gasteiger partial charge on any atom is 0.278 e. The van der Waals surface area contributed by atoms with Gasteiger partial charge in [-0.3, -0.25) is 14.5 Å². The second-order valence-electron chi connectivity index (χ2n) is 7.72. The first-order valence-corrected chi connectivity index (χ1v) is 10.5. The van der Waals surface area contributed by atoms with Crippen LogP contribution in [0.2, 0.25) is 5.02 Å². The van der Waals surface area contributed by atoms with E-state index in [1.807, 2.05) is 87.6 Å². The molecule has 0 N–H and O–H groups in total. The monoisotopic (exact) mass is 430 g/mol. The van der Waals surface area contributed by atoms with Gasteiger partial charge >= 0.3 is 0 Å². The van der Waals surface area contributed by atoms with Gasteiger partial charge in [-0.1, -0.05) is 71.8 Å². The van der Waals surface area contributed by atoms with Crippen LogP contribution in [0, 0.1) is 13.8 Å². The predicted octanol–water partition coefficient (Wildman–Crippen LogP) is 5.37. The maximum atomic E-state index is 13.6. The van der Waals surface area contributed by atoms with Gasteiger partial charge in [-0.25, -0.2) is 0 Å². The molecule has 0 radical (unpaired) electrons. The van der Waals surface area contributed by atoms with Crippen LogP contribution in [0.3, 0.4) is 0 Å². The lowest BCUT2D eigenvalue weighted by molar-refractivity contribution is -0.137. The van der Waals surface area contributed by atoms with E-state index in [2.05, 4.69) is 0 Å². The predicted molar refractivity (Wildman–Crippen MR) is 125 cm³/mol. The highest BCUT2D eigenvalue weighted by Crippen LogP contribution is 2.36. The van der Waals surface area contributed by atoms with Crippen LogP contribution in [0.5, 0.6) is 0 Å². The van der Waals surface area contributed by atoms with Crippen LogP contribution in [0.15, 0.2) is 78.5 Å². The number of benzene rings is 3. The molecule has 0 aromatic heterocycles. The van der Waals surface area contributed by atoms with Crippen molar-refractivity contribution >= 4 is 34.7 Å². The highest BCUT2D eigenvalue weighted by atomic mass is 35.5. The van der Waals surface area contributed by atoms with Crippen molar-refractivity contribution < 1.29 is 9.59 Å². The van der Waals surface area contributed by atoms with Gasteiger partial charge in [0.05, 0.1) is 12.1 Å². The van der Waals surface area contributed by atoms with Gasteiger partial charge in [-0.05, 0) is 48.7 Å². The summed E-state index contributed by atoms with van der Waals surface area (Å²) in [4.78, 5) is 30.2. The normalized spacial score (nSPS) is 13.9. The zero-order valence-corrected chi connectivity index (χ0v) is 18.5. The maximum absolute atomic E-state index is 13.6. The van der Waals surface area contributed by atoms with Crippen molar-refractivity contribution in [3.63, 3.8) is 0 Å². The summed E-state index contributed by atoms with van der Waals surface area (Å²) in [5.41, 5.74) is 5.17. The lowest BCUT2D eigenvalue weighted by Crippen LogP contribution is -2.33. The third kappa shape index (κ3) is 3.87. The molecule has 0 atom stereocenters. The zero-order chi connectivity index (χ0) is 22.1. The quantitative estimate of drug-likeness (QED) is 0.511. The van der Waals surface area contributed by atoms with Crippen molar-refractivity contribution in [2.24, 2.45) is 0 Å². The SMILES string of the molecule is Cc1ccc(C2=C(N(C)c3ccccc3)C(=O)N(Cc3ccccc3Cl)C2=O)c(C)c1. The molecule has 0 fully saturated rings. The number of hydrogen-bond donors (Lipinski definition) is 0. The Morgan fingerprint density at radius 3 is 2.23 bits per heavy atom. The molecule has 0 aliphatic carbocycles. The number of halogens is 1. The Kier molecular flexibility index (Phi) is 5.66. The van der Waals surface area contributed by atoms with Crippen molar-refractivity contribution in [2.75, 3.05) is 11.9 Å². The Morgan fingerprint density at radius 1 is 0.871 bits per heavy atom. The summed E-state index contributed by atoms with van der Waals surface area (Å²) >= 11 is 6.32. The summed E-state index contributed by atoms with van der Waals surface area (Å²) in [6, 6.07) is 22.7. The zero-order valence-electron chi connectivity index (χ0n) is 17.7. The molecule has 2 amide bonds. The van der Waals surface area contributed by atoms with Gasteiger partial charge in [0.2, 0.25) is 0 Å². The first kappa shape index (κ1) is 20.9. The van der Waals surface area contributed by atoms with Crippen molar-refractivity contribution in [1.29, 1.82) is 0 Å². The fraction of sp³-hybridized carbons (Fsp3) is 0.154. The van der Waals surface area contributed by atoms with Crippen LogP contribution in [0.25, 0.3) is 5.57 Å². The largest absolute Gasteiger partial charge is 0.339 e. The number of likely N-dealkylation sites (N-methyl/N-ethyl adjacent to an activating group) is 1. The van der Waals surface area contributed by atoms with Gasteiger partial charge in [0.1, 0.15) is 5.70 Å². The molecule has 156 valence electrons. The van der Waals surface area contributed by atoms with Crippen molar-refractivity contribution in [2.45, 2.75) is 20.4 Å². The summed E-state index contributed by atoms with van der Waals surface area (Å²) in [6.45, 7) is 4.09. The number of aryl methyl sites for hydroxylation is 2. The first-order valence-electron chi connectivity index (χ1n) is 10.1. The second-order valence-corrected chi connectivity index (χ2v) is 8.13. The van der Waals surface area contributed by atoms with Crippen LogP contribution in [0.1, 0.15) is 22.3 Å². The highest BCUT2D eigenvalue weighted by molar-refractivity contribution is 6.37. The number of hydrogen-bond acceptors (Lipinski definition) is 3. The van der Waals surface area contributed by atoms with E-state index in [0.29, 0.717) is 16.3 Å². The number of nitrogens with zero attached hydrogens (tertiary/aromatic N) is 2. The lowest BCUT2D eigenvalue weighted by Gasteiger charge is -2.22. The van der Waals surface area contributed by atoms with Crippen LogP contribution in [0.4, 0.5) is 5.69 Å². The number of anilines is 1. The van der Waals surface area contributed by atoms with E-state index in [1.165, 1.54) is 4.90 Å². The van der Waals surface area contributed by atoms with Crippen molar-refractivity contribution in [3.8, 4) is 0 Å². The minimum Gasteiger partial charge on any atom is -0.339 e. The van der Waals surface area contributed by atoms with E-state index in [1.54, 1.807) is 11.0 Å². The number of para-hydroxylation sites is 1. The van der Waals surface area contributed by atoms with Crippen LogP contribution in [-0.4, -0.2) is 23.8 Å². The fourth-order valence-corrected chi connectivity index (χ4v) is 4.13. The average Bonchev–Trinajstić information content (AvgIpc) is 3.00. The first-order chi connectivity index (χ1) is 14.9. The number of carbonyl (C=O) groups is 2. The van der Waals surface area contributed by atoms with Crippen LogP contribution >= 0.6 is 11.6 Å². The summed E-state index contributed by atoms with van der Waals surface area (Å²) < 4.78 is 0. The molecule has 1 heterocycles. The van der Waals surface area contributed by atoms with Crippen LogP contribution in [-0.2, 0) is 16.1 Å². The summed E-state index contributed by atoms with van der Waals surface area (Å²) in [5.74, 6) is -0.638. The Hall–Kier alpha value is -3.37. The molecule has 3 aromatic rings. The molecule has 0 saturated heterocycles. The van der Waals surface area contributed by atoms with Gasteiger partial charge in [0.25, 0.3) is 11.8 Å². The van der Waals surface area contributed by atoms with E-state index < -0.39 is 0 Å². The molecule has 0 bridgehead atoms. The number of amides is 2. The van der Waals surface area contributed by atoms with Gasteiger partial charge in [0.15, 0.2) is 0 Å². The molecule has 31 heavy (non-hydrogen) atoms. The minimum absolute atomic E-state index is 0.123. The third-order valence-corrected chi connectivity index (χ3v) is 5.93. The lowest BCUT2D eigenvalue weighted by atomic mass is 9.97. The van der Waals surface area contributed by atoms with Gasteiger partial charge in [-0.15, -0.1) is 0 Å². The van der Waals surface area contributed by atoms with Crippen molar-refractivity contribution in [3.05, 3.63) is 106 Å². The Balaban J connectivity index is 1.84. The van der Waals surface area contributed by atoms with E-state index >= 15 is 0 Å².